The number of fused-ring (bicyclic) bond motifs is 1. The summed E-state index contributed by atoms with van der Waals surface area (Å²) < 4.78 is 17.3. The number of pyridine rings is 1. The molecule has 0 radical (unpaired) electrons. The molecule has 0 bridgehead atoms. The molecule has 0 spiro atoms. The van der Waals surface area contributed by atoms with Gasteiger partial charge in [0.2, 0.25) is 5.88 Å². The van der Waals surface area contributed by atoms with Crippen molar-refractivity contribution >= 4 is 0 Å². The molecule has 5 nitrogen and oxygen atoms in total. The molecular formula is C17H24N2O3. The van der Waals surface area contributed by atoms with Gasteiger partial charge < -0.3 is 14.2 Å². The number of ether oxygens (including phenoxy) is 3. The maximum Gasteiger partial charge on any atom is 0.217 e. The van der Waals surface area contributed by atoms with Crippen LogP contribution in [0.3, 0.4) is 0 Å². The Balaban J connectivity index is 1.73. The molecule has 3 atom stereocenters. The standard InChI is InChI=1S/C17H24N2O3/c1-3-9-21-15-12-19(14-7-5-10-22-16(14)15)11-13-6-4-8-18-17(13)20-2/h3-4,6,8,14-16H,1,5,7,9-12H2,2H3/t14-,15+,16+/m1/s1. The predicted octanol–water partition coefficient (Wildman–Crippen LogP) is 2.02. The lowest BCUT2D eigenvalue weighted by molar-refractivity contribution is -0.0721. The van der Waals surface area contributed by atoms with Gasteiger partial charge in [-0.15, -0.1) is 6.58 Å². The highest BCUT2D eigenvalue weighted by Gasteiger charge is 2.44. The van der Waals surface area contributed by atoms with Crippen molar-refractivity contribution in [2.75, 3.05) is 26.9 Å². The minimum atomic E-state index is 0.117. The maximum atomic E-state index is 5.99. The van der Waals surface area contributed by atoms with Crippen LogP contribution >= 0.6 is 0 Å². The summed E-state index contributed by atoms with van der Waals surface area (Å²) in [6, 6.07) is 4.44. The van der Waals surface area contributed by atoms with Crippen molar-refractivity contribution in [1.29, 1.82) is 0 Å². The molecule has 2 fully saturated rings. The summed E-state index contributed by atoms with van der Waals surface area (Å²) in [5.74, 6) is 0.700. The van der Waals surface area contributed by atoms with Crippen molar-refractivity contribution in [3.05, 3.63) is 36.5 Å². The van der Waals surface area contributed by atoms with Gasteiger partial charge in [0.15, 0.2) is 0 Å². The fourth-order valence-corrected chi connectivity index (χ4v) is 3.47. The van der Waals surface area contributed by atoms with Gasteiger partial charge in [-0.2, -0.15) is 0 Å². The molecule has 2 aliphatic heterocycles. The van der Waals surface area contributed by atoms with Crippen LogP contribution in [0.15, 0.2) is 31.0 Å². The molecule has 5 heteroatoms. The van der Waals surface area contributed by atoms with E-state index in [2.05, 4.69) is 22.5 Å². The van der Waals surface area contributed by atoms with E-state index in [4.69, 9.17) is 14.2 Å². The van der Waals surface area contributed by atoms with Crippen LogP contribution in [0.4, 0.5) is 0 Å². The lowest BCUT2D eigenvalue weighted by Gasteiger charge is -2.32. The van der Waals surface area contributed by atoms with Crippen LogP contribution in [0, 0.1) is 0 Å². The average molecular weight is 304 g/mol. The first-order chi connectivity index (χ1) is 10.8. The second kappa shape index (κ2) is 7.22. The van der Waals surface area contributed by atoms with Gasteiger partial charge in [-0.1, -0.05) is 12.1 Å². The first kappa shape index (κ1) is 15.5. The van der Waals surface area contributed by atoms with Gasteiger partial charge in [0, 0.05) is 37.5 Å². The molecule has 1 aromatic heterocycles. The van der Waals surface area contributed by atoms with Crippen LogP contribution in [-0.2, 0) is 16.0 Å². The zero-order valence-corrected chi connectivity index (χ0v) is 13.1. The van der Waals surface area contributed by atoms with Crippen LogP contribution < -0.4 is 4.74 Å². The third-order valence-corrected chi connectivity index (χ3v) is 4.43. The molecule has 22 heavy (non-hydrogen) atoms. The van der Waals surface area contributed by atoms with Crippen LogP contribution in [0.2, 0.25) is 0 Å². The molecule has 0 amide bonds. The van der Waals surface area contributed by atoms with Gasteiger partial charge in [-0.25, -0.2) is 4.98 Å². The predicted molar refractivity (Wildman–Crippen MR) is 83.9 cm³/mol. The Bertz CT molecular complexity index is 508. The monoisotopic (exact) mass is 304 g/mol. The van der Waals surface area contributed by atoms with E-state index in [-0.39, 0.29) is 12.2 Å². The van der Waals surface area contributed by atoms with Gasteiger partial charge in [0.1, 0.15) is 6.10 Å². The Kier molecular flexibility index (Phi) is 5.08. The Labute approximate surface area is 131 Å². The lowest BCUT2D eigenvalue weighted by atomic mass is 10.0. The molecule has 120 valence electrons. The SMILES string of the molecule is C=CCO[C@H]1CN(Cc2cccnc2OC)[C@@H]2CCCO[C@H]12. The first-order valence-electron chi connectivity index (χ1n) is 7.89. The molecule has 0 N–H and O–H groups in total. The highest BCUT2D eigenvalue weighted by Crippen LogP contribution is 2.32. The van der Waals surface area contributed by atoms with E-state index < -0.39 is 0 Å². The molecule has 3 heterocycles. The largest absolute Gasteiger partial charge is 0.481 e. The Morgan fingerprint density at radius 3 is 3.27 bits per heavy atom. The molecule has 0 aliphatic carbocycles. The van der Waals surface area contributed by atoms with Crippen molar-refractivity contribution < 1.29 is 14.2 Å². The number of hydrogen-bond donors (Lipinski definition) is 0. The summed E-state index contributed by atoms with van der Waals surface area (Å²) >= 11 is 0. The van der Waals surface area contributed by atoms with Gasteiger partial charge in [-0.05, 0) is 18.9 Å². The molecular weight excluding hydrogens is 280 g/mol. The van der Waals surface area contributed by atoms with E-state index in [1.165, 1.54) is 0 Å². The summed E-state index contributed by atoms with van der Waals surface area (Å²) in [4.78, 5) is 6.73. The number of hydrogen-bond acceptors (Lipinski definition) is 5. The minimum Gasteiger partial charge on any atom is -0.481 e. The zero-order chi connectivity index (χ0) is 15.4. The second-order valence-corrected chi connectivity index (χ2v) is 5.81. The molecule has 2 saturated heterocycles. The highest BCUT2D eigenvalue weighted by molar-refractivity contribution is 5.25. The van der Waals surface area contributed by atoms with E-state index in [9.17, 15) is 0 Å². The van der Waals surface area contributed by atoms with Gasteiger partial charge in [0.05, 0.1) is 19.8 Å². The van der Waals surface area contributed by atoms with Gasteiger partial charge >= 0.3 is 0 Å². The molecule has 0 saturated carbocycles. The minimum absolute atomic E-state index is 0.117. The third kappa shape index (κ3) is 3.16. The number of methoxy groups -OCH3 is 1. The fourth-order valence-electron chi connectivity index (χ4n) is 3.47. The zero-order valence-electron chi connectivity index (χ0n) is 13.1. The molecule has 2 aliphatic rings. The van der Waals surface area contributed by atoms with Crippen molar-refractivity contribution in [1.82, 2.24) is 9.88 Å². The van der Waals surface area contributed by atoms with Crippen LogP contribution in [0.25, 0.3) is 0 Å². The fraction of sp³-hybridized carbons (Fsp3) is 0.588. The van der Waals surface area contributed by atoms with Crippen LogP contribution in [0.1, 0.15) is 18.4 Å². The molecule has 0 unspecified atom stereocenters. The first-order valence-corrected chi connectivity index (χ1v) is 7.89. The van der Waals surface area contributed by atoms with Crippen LogP contribution in [0.5, 0.6) is 5.88 Å². The summed E-state index contributed by atoms with van der Waals surface area (Å²) in [5.41, 5.74) is 1.11. The Morgan fingerprint density at radius 1 is 1.55 bits per heavy atom. The maximum absolute atomic E-state index is 5.99. The van der Waals surface area contributed by atoms with E-state index >= 15 is 0 Å². The van der Waals surface area contributed by atoms with Crippen LogP contribution in [-0.4, -0.2) is 55.0 Å². The third-order valence-electron chi connectivity index (χ3n) is 4.43. The molecule has 1 aromatic rings. The summed E-state index contributed by atoms with van der Waals surface area (Å²) in [7, 11) is 1.67. The van der Waals surface area contributed by atoms with Gasteiger partial charge in [-0.3, -0.25) is 4.90 Å². The van der Waals surface area contributed by atoms with E-state index in [0.29, 0.717) is 18.5 Å². The topological polar surface area (TPSA) is 43.8 Å². The normalized spacial score (nSPS) is 28.3. The summed E-state index contributed by atoms with van der Waals surface area (Å²) in [5, 5.41) is 0. The number of aromatic nitrogens is 1. The number of rotatable bonds is 6. The van der Waals surface area contributed by atoms with E-state index in [0.717, 1.165) is 38.1 Å². The van der Waals surface area contributed by atoms with E-state index in [1.54, 1.807) is 19.4 Å². The van der Waals surface area contributed by atoms with Crippen molar-refractivity contribution in [3.8, 4) is 5.88 Å². The Hall–Kier alpha value is -1.43. The summed E-state index contributed by atoms with van der Waals surface area (Å²) in [6.45, 7) is 6.83. The van der Waals surface area contributed by atoms with E-state index in [1.807, 2.05) is 6.07 Å². The van der Waals surface area contributed by atoms with Crippen molar-refractivity contribution in [2.24, 2.45) is 0 Å². The van der Waals surface area contributed by atoms with Gasteiger partial charge in [0.25, 0.3) is 0 Å². The Morgan fingerprint density at radius 2 is 2.45 bits per heavy atom. The highest BCUT2D eigenvalue weighted by atomic mass is 16.5. The van der Waals surface area contributed by atoms with Crippen molar-refractivity contribution in [3.63, 3.8) is 0 Å². The molecule has 0 aromatic carbocycles. The summed E-state index contributed by atoms with van der Waals surface area (Å²) in [6.07, 6.45) is 6.10. The number of nitrogens with zero attached hydrogens (tertiary/aromatic N) is 2. The number of likely N-dealkylation sites (tertiary alicyclic amines) is 1. The smallest absolute Gasteiger partial charge is 0.217 e. The average Bonchev–Trinajstić information content (AvgIpc) is 2.91. The molecule has 3 rings (SSSR count). The van der Waals surface area contributed by atoms with Crippen molar-refractivity contribution in [2.45, 2.75) is 37.6 Å². The lowest BCUT2D eigenvalue weighted by Crippen LogP contribution is -2.41. The second-order valence-electron chi connectivity index (χ2n) is 5.81. The quantitative estimate of drug-likeness (QED) is 0.752.